The van der Waals surface area contributed by atoms with Crippen LogP contribution in [0.2, 0.25) is 20.1 Å². The van der Waals surface area contributed by atoms with Gasteiger partial charge in [-0.3, -0.25) is 19.0 Å². The molecule has 0 saturated carbocycles. The molecule has 0 saturated heterocycles. The van der Waals surface area contributed by atoms with Crippen molar-refractivity contribution in [1.82, 2.24) is 9.97 Å². The Morgan fingerprint density at radius 1 is 0.562 bits per heavy atom. The highest BCUT2D eigenvalue weighted by Gasteiger charge is 2.36. The predicted octanol–water partition coefficient (Wildman–Crippen LogP) is 10.7. The van der Waals surface area contributed by atoms with Gasteiger partial charge in [0.2, 0.25) is 11.6 Å². The zero-order chi connectivity index (χ0) is 47.4. The molecule has 0 atom stereocenters. The monoisotopic (exact) mass is 1010 g/mol. The lowest BCUT2D eigenvalue weighted by atomic mass is 10.0. The van der Waals surface area contributed by atoms with Crippen LogP contribution in [0.4, 0.5) is 37.7 Å². The van der Waals surface area contributed by atoms with Crippen molar-refractivity contribution in [3.05, 3.63) is 175 Å². The van der Waals surface area contributed by atoms with Crippen LogP contribution in [0.25, 0.3) is 0 Å². The Hall–Kier alpha value is -5.77. The highest BCUT2D eigenvalue weighted by molar-refractivity contribution is 7.93. The van der Waals surface area contributed by atoms with Gasteiger partial charge < -0.3 is 4.74 Å². The third-order valence-electron chi connectivity index (χ3n) is 8.35. The molecule has 12 nitrogen and oxygen atoms in total. The molecule has 0 spiro atoms. The van der Waals surface area contributed by atoms with Gasteiger partial charge in [-0.2, -0.15) is 26.3 Å². The fourth-order valence-electron chi connectivity index (χ4n) is 5.40. The van der Waals surface area contributed by atoms with Crippen LogP contribution in [0.3, 0.4) is 0 Å². The Morgan fingerprint density at radius 2 is 0.969 bits per heavy atom. The van der Waals surface area contributed by atoms with Crippen LogP contribution in [0.5, 0.6) is 0 Å². The molecule has 0 fully saturated rings. The molecule has 4 aromatic carbocycles. The van der Waals surface area contributed by atoms with Crippen molar-refractivity contribution in [2.75, 3.05) is 16.6 Å². The lowest BCUT2D eigenvalue weighted by Gasteiger charge is -2.15. The molecule has 2 aromatic heterocycles. The van der Waals surface area contributed by atoms with Gasteiger partial charge in [0.05, 0.1) is 65.1 Å². The number of alkyl halides is 6. The van der Waals surface area contributed by atoms with Gasteiger partial charge in [0.1, 0.15) is 11.4 Å². The van der Waals surface area contributed by atoms with Crippen LogP contribution >= 0.6 is 46.4 Å². The number of ketones is 2. The first-order valence-corrected chi connectivity index (χ1v) is 21.7. The highest BCUT2D eigenvalue weighted by Crippen LogP contribution is 2.38. The van der Waals surface area contributed by atoms with Crippen LogP contribution in [0.1, 0.15) is 53.6 Å². The third kappa shape index (κ3) is 11.7. The first-order valence-electron chi connectivity index (χ1n) is 17.3. The molecule has 64 heavy (non-hydrogen) atoms. The minimum absolute atomic E-state index is 0.0180. The van der Waals surface area contributed by atoms with Crippen LogP contribution in [-0.2, 0) is 37.1 Å². The quantitative estimate of drug-likeness (QED) is 0.0721. The molecular formula is C40H24Cl4F6N4O8S2. The maximum absolute atomic E-state index is 13.2. The maximum Gasteiger partial charge on any atom is 0.417 e. The van der Waals surface area contributed by atoms with Gasteiger partial charge in [-0.25, -0.2) is 31.6 Å². The summed E-state index contributed by atoms with van der Waals surface area (Å²) in [6.45, 7) is 0. The van der Waals surface area contributed by atoms with E-state index < -0.39 is 92.3 Å². The molecular weight excluding hydrogens is 984 g/mol. The van der Waals surface area contributed by atoms with Crippen LogP contribution in [0, 0.1) is 0 Å². The van der Waals surface area contributed by atoms with Crippen LogP contribution < -0.4 is 9.44 Å². The number of nitrogens with one attached hydrogen (secondary N) is 2. The van der Waals surface area contributed by atoms with Crippen molar-refractivity contribution in [3.8, 4) is 0 Å². The van der Waals surface area contributed by atoms with E-state index in [-0.39, 0.29) is 38.1 Å². The number of sulfonamides is 2. The smallest absolute Gasteiger partial charge is 0.417 e. The Kier molecular flexibility index (Phi) is 15.0. The first-order chi connectivity index (χ1) is 29.8. The number of aromatic nitrogens is 2. The standard InChI is InChI=1S/C21H13Cl2F3N2O5S.C19H11Cl2F3N2O3S/c1-33-20(30)14-5-3-2-4-13(14)19(29)18-17(8-11(22)10-27-18)28-34(31,32)12-6-7-16(23)15(9-12)21(24,25)26;20-12-8-16(17(25-10-12)18(27)11-4-2-1-3-5-11)26-30(28,29)13-6-7-15(21)14(9-13)19(22,23)24/h2-10,28H,1H3;1-10,26H. The molecule has 0 amide bonds. The minimum Gasteiger partial charge on any atom is -0.465 e. The molecule has 0 radical (unpaired) electrons. The highest BCUT2D eigenvalue weighted by atomic mass is 35.5. The number of hydrogen-bond donors (Lipinski definition) is 2. The summed E-state index contributed by atoms with van der Waals surface area (Å²) in [5.41, 5.74) is -4.09. The topological polar surface area (TPSA) is 179 Å². The summed E-state index contributed by atoms with van der Waals surface area (Å²) < 4.78 is 139. The van der Waals surface area contributed by atoms with Crippen molar-refractivity contribution in [2.45, 2.75) is 22.1 Å². The van der Waals surface area contributed by atoms with Crippen molar-refractivity contribution in [2.24, 2.45) is 0 Å². The number of benzene rings is 4. The molecule has 334 valence electrons. The second-order valence-corrected chi connectivity index (χ2v) is 17.7. The SMILES string of the molecule is COC(=O)c1ccccc1C(=O)c1ncc(Cl)cc1NS(=O)(=O)c1ccc(Cl)c(C(F)(F)F)c1.O=C(c1ccccc1)c1ncc(Cl)cc1NS(=O)(=O)c1ccc(Cl)c(C(F)(F)F)c1. The lowest BCUT2D eigenvalue weighted by molar-refractivity contribution is -0.138. The summed E-state index contributed by atoms with van der Waals surface area (Å²) in [5, 5.41) is -1.39. The second-order valence-electron chi connectivity index (χ2n) is 12.7. The van der Waals surface area contributed by atoms with Crippen molar-refractivity contribution in [1.29, 1.82) is 0 Å². The zero-order valence-corrected chi connectivity index (χ0v) is 36.4. The zero-order valence-electron chi connectivity index (χ0n) is 31.7. The van der Waals surface area contributed by atoms with Crippen LogP contribution in [0.15, 0.2) is 125 Å². The summed E-state index contributed by atoms with van der Waals surface area (Å²) in [5.74, 6) is -2.28. The summed E-state index contributed by atoms with van der Waals surface area (Å²) in [6.07, 6.45) is -7.54. The fourth-order valence-corrected chi connectivity index (χ4v) is 8.34. The van der Waals surface area contributed by atoms with Crippen molar-refractivity contribution in [3.63, 3.8) is 0 Å². The fraction of sp³-hybridized carbons (Fsp3) is 0.0750. The predicted molar refractivity (Wildman–Crippen MR) is 224 cm³/mol. The van der Waals surface area contributed by atoms with E-state index in [0.29, 0.717) is 12.1 Å². The van der Waals surface area contributed by atoms with Gasteiger partial charge in [0, 0.05) is 23.5 Å². The molecule has 0 bridgehead atoms. The number of nitrogens with zero attached hydrogens (tertiary/aromatic N) is 2. The molecule has 0 aliphatic heterocycles. The van der Waals surface area contributed by atoms with E-state index >= 15 is 0 Å². The number of ether oxygens (including phenoxy) is 1. The van der Waals surface area contributed by atoms with E-state index in [1.54, 1.807) is 18.2 Å². The summed E-state index contributed by atoms with van der Waals surface area (Å²) in [4.78, 5) is 44.2. The molecule has 6 rings (SSSR count). The van der Waals surface area contributed by atoms with Gasteiger partial charge >= 0.3 is 18.3 Å². The van der Waals surface area contributed by atoms with Crippen LogP contribution in [-0.4, -0.2) is 51.4 Å². The Morgan fingerprint density at radius 3 is 1.39 bits per heavy atom. The summed E-state index contributed by atoms with van der Waals surface area (Å²) >= 11 is 22.9. The van der Waals surface area contributed by atoms with Gasteiger partial charge in [-0.05, 0) is 54.6 Å². The molecule has 0 aliphatic carbocycles. The molecule has 2 heterocycles. The molecule has 24 heteroatoms. The molecule has 2 N–H and O–H groups in total. The van der Waals surface area contributed by atoms with Gasteiger partial charge in [-0.15, -0.1) is 0 Å². The number of esters is 1. The number of rotatable bonds is 11. The molecule has 0 aliphatic rings. The Bertz CT molecular complexity index is 3020. The number of carbonyl (C=O) groups is 3. The number of carbonyl (C=O) groups excluding carboxylic acids is 3. The van der Waals surface area contributed by atoms with Gasteiger partial charge in [-0.1, -0.05) is 94.9 Å². The van der Waals surface area contributed by atoms with E-state index in [4.69, 9.17) is 46.4 Å². The summed E-state index contributed by atoms with van der Waals surface area (Å²) in [7, 11) is -8.06. The second kappa shape index (κ2) is 19.5. The number of pyridine rings is 2. The van der Waals surface area contributed by atoms with Crippen molar-refractivity contribution < 1.29 is 62.3 Å². The van der Waals surface area contributed by atoms with E-state index in [2.05, 4.69) is 19.4 Å². The number of hydrogen-bond acceptors (Lipinski definition) is 10. The molecule has 6 aromatic rings. The Labute approximate surface area is 379 Å². The molecule has 0 unspecified atom stereocenters. The maximum atomic E-state index is 13.2. The van der Waals surface area contributed by atoms with Gasteiger partial charge in [0.25, 0.3) is 20.0 Å². The van der Waals surface area contributed by atoms with E-state index in [1.165, 1.54) is 36.4 Å². The Balaban J connectivity index is 0.000000243. The number of anilines is 2. The average molecular weight is 1010 g/mol. The van der Waals surface area contributed by atoms with Crippen molar-refractivity contribution >= 4 is 95.4 Å². The summed E-state index contributed by atoms with van der Waals surface area (Å²) in [6, 6.07) is 19.9. The van der Waals surface area contributed by atoms with E-state index in [0.717, 1.165) is 55.9 Å². The largest absolute Gasteiger partial charge is 0.465 e. The van der Waals surface area contributed by atoms with E-state index in [1.807, 2.05) is 4.72 Å². The van der Waals surface area contributed by atoms with Gasteiger partial charge in [0.15, 0.2) is 0 Å². The normalized spacial score (nSPS) is 11.8. The minimum atomic E-state index is -4.90. The third-order valence-corrected chi connectivity index (χ3v) is 12.1. The first kappa shape index (κ1) is 49.2. The number of halogens is 10. The van der Waals surface area contributed by atoms with E-state index in [9.17, 15) is 57.6 Å². The lowest BCUT2D eigenvalue weighted by Crippen LogP contribution is -2.19. The number of methoxy groups -OCH3 is 1. The average Bonchev–Trinajstić information content (AvgIpc) is 3.22.